The lowest BCUT2D eigenvalue weighted by molar-refractivity contribution is -0.384. The summed E-state index contributed by atoms with van der Waals surface area (Å²) in [5.41, 5.74) is 4.06. The maximum Gasteiger partial charge on any atom is 0.292 e. The van der Waals surface area contributed by atoms with E-state index in [4.69, 9.17) is 11.6 Å². The predicted octanol–water partition coefficient (Wildman–Crippen LogP) is 4.14. The van der Waals surface area contributed by atoms with Gasteiger partial charge in [0.25, 0.3) is 5.69 Å². The van der Waals surface area contributed by atoms with Crippen LogP contribution in [-0.2, 0) is 12.8 Å². The number of nitrogens with zero attached hydrogens (tertiary/aromatic N) is 1. The van der Waals surface area contributed by atoms with Gasteiger partial charge in [0.2, 0.25) is 0 Å². The number of benzene rings is 2. The Morgan fingerprint density at radius 1 is 1.19 bits per heavy atom. The van der Waals surface area contributed by atoms with Crippen LogP contribution < -0.4 is 5.32 Å². The van der Waals surface area contributed by atoms with Crippen molar-refractivity contribution < 1.29 is 4.92 Å². The van der Waals surface area contributed by atoms with Crippen LogP contribution in [0.25, 0.3) is 0 Å². The number of fused-ring (bicyclic) bond motifs is 1. The summed E-state index contributed by atoms with van der Waals surface area (Å²) in [6, 6.07) is 11.3. The molecule has 2 aromatic rings. The molecule has 0 heterocycles. The second kappa shape index (κ2) is 5.37. The quantitative estimate of drug-likeness (QED) is 0.685. The normalized spacial score (nSPS) is 16.6. The molecule has 108 valence electrons. The van der Waals surface area contributed by atoms with Crippen LogP contribution >= 0.6 is 11.6 Å². The first-order chi connectivity index (χ1) is 10.0. The van der Waals surface area contributed by atoms with Crippen molar-refractivity contribution in [3.05, 3.63) is 68.2 Å². The summed E-state index contributed by atoms with van der Waals surface area (Å²) < 4.78 is 0. The van der Waals surface area contributed by atoms with E-state index in [1.165, 1.54) is 11.1 Å². The van der Waals surface area contributed by atoms with E-state index in [-0.39, 0.29) is 16.7 Å². The molecule has 4 nitrogen and oxygen atoms in total. The first kappa shape index (κ1) is 13.9. The Morgan fingerprint density at radius 2 is 1.95 bits per heavy atom. The van der Waals surface area contributed by atoms with Gasteiger partial charge in [0.15, 0.2) is 0 Å². The van der Waals surface area contributed by atoms with E-state index in [1.807, 2.05) is 31.2 Å². The Kier molecular flexibility index (Phi) is 3.55. The highest BCUT2D eigenvalue weighted by Gasteiger charge is 2.24. The van der Waals surface area contributed by atoms with Crippen molar-refractivity contribution in [3.8, 4) is 0 Å². The molecule has 0 aliphatic heterocycles. The fourth-order valence-electron chi connectivity index (χ4n) is 2.82. The van der Waals surface area contributed by atoms with Gasteiger partial charge in [-0.25, -0.2) is 0 Å². The van der Waals surface area contributed by atoms with Crippen molar-refractivity contribution in [2.75, 3.05) is 5.32 Å². The number of nitro benzene ring substituents is 1. The van der Waals surface area contributed by atoms with Gasteiger partial charge in [0.1, 0.15) is 5.69 Å². The molecule has 5 heteroatoms. The van der Waals surface area contributed by atoms with Gasteiger partial charge in [-0.2, -0.15) is 0 Å². The summed E-state index contributed by atoms with van der Waals surface area (Å²) in [7, 11) is 0. The summed E-state index contributed by atoms with van der Waals surface area (Å²) in [4.78, 5) is 10.8. The number of anilines is 1. The number of hydrogen-bond donors (Lipinski definition) is 1. The number of rotatable bonds is 3. The summed E-state index contributed by atoms with van der Waals surface area (Å²) in [5.74, 6) is 0. The SMILES string of the molecule is Cc1ccc(NC2Cc3ccc(Cl)cc3C2)c([N+](=O)[O-])c1. The standard InChI is InChI=1S/C16H15ClN2O2/c1-10-2-5-15(16(6-10)19(20)21)18-14-8-11-3-4-13(17)7-12(11)9-14/h2-7,14,18H,8-9H2,1H3. The Labute approximate surface area is 127 Å². The molecular weight excluding hydrogens is 288 g/mol. The molecule has 0 saturated carbocycles. The molecular formula is C16H15ClN2O2. The van der Waals surface area contributed by atoms with E-state index in [0.29, 0.717) is 5.69 Å². The van der Waals surface area contributed by atoms with E-state index in [0.717, 1.165) is 23.4 Å². The molecule has 1 aliphatic carbocycles. The highest BCUT2D eigenvalue weighted by atomic mass is 35.5. The van der Waals surface area contributed by atoms with Gasteiger partial charge in [0, 0.05) is 17.1 Å². The fourth-order valence-corrected chi connectivity index (χ4v) is 3.02. The van der Waals surface area contributed by atoms with Crippen LogP contribution in [0.4, 0.5) is 11.4 Å². The third-order valence-electron chi connectivity index (χ3n) is 3.81. The topological polar surface area (TPSA) is 55.2 Å². The molecule has 0 bridgehead atoms. The highest BCUT2D eigenvalue weighted by molar-refractivity contribution is 6.30. The molecule has 3 rings (SSSR count). The molecule has 1 N–H and O–H groups in total. The molecule has 0 spiro atoms. The molecule has 21 heavy (non-hydrogen) atoms. The number of nitro groups is 1. The van der Waals surface area contributed by atoms with Gasteiger partial charge in [-0.05, 0) is 54.7 Å². The van der Waals surface area contributed by atoms with Crippen LogP contribution in [0.5, 0.6) is 0 Å². The number of hydrogen-bond acceptors (Lipinski definition) is 3. The second-order valence-corrected chi connectivity index (χ2v) is 5.88. The fraction of sp³-hybridized carbons (Fsp3) is 0.250. The van der Waals surface area contributed by atoms with Gasteiger partial charge in [-0.1, -0.05) is 23.7 Å². The first-order valence-corrected chi connectivity index (χ1v) is 7.19. The first-order valence-electron chi connectivity index (χ1n) is 6.82. The molecule has 1 aliphatic rings. The molecule has 0 fully saturated rings. The van der Waals surface area contributed by atoms with Crippen LogP contribution in [0.3, 0.4) is 0 Å². The van der Waals surface area contributed by atoms with Gasteiger partial charge < -0.3 is 5.32 Å². The Hall–Kier alpha value is -2.07. The monoisotopic (exact) mass is 302 g/mol. The number of nitrogens with one attached hydrogen (secondary N) is 1. The van der Waals surface area contributed by atoms with Crippen LogP contribution in [0.15, 0.2) is 36.4 Å². The maximum atomic E-state index is 11.2. The minimum Gasteiger partial charge on any atom is -0.376 e. The van der Waals surface area contributed by atoms with Crippen LogP contribution in [-0.4, -0.2) is 11.0 Å². The van der Waals surface area contributed by atoms with Crippen LogP contribution in [0, 0.1) is 17.0 Å². The number of halogens is 1. The molecule has 0 amide bonds. The van der Waals surface area contributed by atoms with E-state index in [9.17, 15) is 10.1 Å². The van der Waals surface area contributed by atoms with Crippen LogP contribution in [0.2, 0.25) is 5.02 Å². The smallest absolute Gasteiger partial charge is 0.292 e. The Balaban J connectivity index is 1.82. The summed E-state index contributed by atoms with van der Waals surface area (Å²) in [5, 5.41) is 15.2. The van der Waals surface area contributed by atoms with Crippen molar-refractivity contribution in [2.24, 2.45) is 0 Å². The lowest BCUT2D eigenvalue weighted by Gasteiger charge is -2.14. The Bertz CT molecular complexity index is 715. The van der Waals surface area contributed by atoms with Crippen molar-refractivity contribution in [1.82, 2.24) is 0 Å². The third kappa shape index (κ3) is 2.85. The molecule has 0 radical (unpaired) electrons. The van der Waals surface area contributed by atoms with Gasteiger partial charge in [-0.3, -0.25) is 10.1 Å². The molecule has 1 atom stereocenters. The van der Waals surface area contributed by atoms with E-state index >= 15 is 0 Å². The van der Waals surface area contributed by atoms with Crippen LogP contribution in [0.1, 0.15) is 16.7 Å². The zero-order chi connectivity index (χ0) is 15.0. The number of aryl methyl sites for hydroxylation is 1. The van der Waals surface area contributed by atoms with E-state index in [1.54, 1.807) is 12.1 Å². The summed E-state index contributed by atoms with van der Waals surface area (Å²) in [6.07, 6.45) is 1.69. The minimum atomic E-state index is -0.339. The van der Waals surface area contributed by atoms with Crippen molar-refractivity contribution in [1.29, 1.82) is 0 Å². The Morgan fingerprint density at radius 3 is 2.71 bits per heavy atom. The van der Waals surface area contributed by atoms with E-state index < -0.39 is 0 Å². The van der Waals surface area contributed by atoms with Gasteiger partial charge in [0.05, 0.1) is 4.92 Å². The van der Waals surface area contributed by atoms with Gasteiger partial charge >= 0.3 is 0 Å². The lowest BCUT2D eigenvalue weighted by atomic mass is 10.1. The minimum absolute atomic E-state index is 0.129. The average molecular weight is 303 g/mol. The lowest BCUT2D eigenvalue weighted by Crippen LogP contribution is -2.20. The highest BCUT2D eigenvalue weighted by Crippen LogP contribution is 2.31. The second-order valence-electron chi connectivity index (χ2n) is 5.44. The van der Waals surface area contributed by atoms with Crippen molar-refractivity contribution in [3.63, 3.8) is 0 Å². The predicted molar refractivity (Wildman–Crippen MR) is 84.1 cm³/mol. The zero-order valence-electron chi connectivity index (χ0n) is 11.6. The molecule has 1 unspecified atom stereocenters. The average Bonchev–Trinajstić information content (AvgIpc) is 2.82. The van der Waals surface area contributed by atoms with Crippen molar-refractivity contribution in [2.45, 2.75) is 25.8 Å². The molecule has 0 saturated heterocycles. The maximum absolute atomic E-state index is 11.2. The molecule has 2 aromatic carbocycles. The van der Waals surface area contributed by atoms with Gasteiger partial charge in [-0.15, -0.1) is 0 Å². The summed E-state index contributed by atoms with van der Waals surface area (Å²) in [6.45, 7) is 1.85. The third-order valence-corrected chi connectivity index (χ3v) is 4.05. The molecule has 0 aromatic heterocycles. The van der Waals surface area contributed by atoms with E-state index in [2.05, 4.69) is 5.32 Å². The largest absolute Gasteiger partial charge is 0.376 e. The van der Waals surface area contributed by atoms with Crippen molar-refractivity contribution >= 4 is 23.0 Å². The summed E-state index contributed by atoms with van der Waals surface area (Å²) >= 11 is 6.01. The zero-order valence-corrected chi connectivity index (χ0v) is 12.4.